The van der Waals surface area contributed by atoms with Gasteiger partial charge < -0.3 is 5.11 Å². The molecule has 6 nitrogen and oxygen atoms in total. The maximum Gasteiger partial charge on any atom is 0.243 e. The molecule has 0 spiro atoms. The van der Waals surface area contributed by atoms with Gasteiger partial charge in [-0.25, -0.2) is 13.1 Å². The Kier molecular flexibility index (Phi) is 6.50. The molecule has 8 heteroatoms. The summed E-state index contributed by atoms with van der Waals surface area (Å²) in [5.41, 5.74) is 0. The lowest BCUT2D eigenvalue weighted by Gasteiger charge is -2.29. The molecule has 0 aliphatic carbocycles. The fraction of sp³-hybridized carbons (Fsp3) is 0.750. The minimum absolute atomic E-state index is 0.0736. The van der Waals surface area contributed by atoms with Gasteiger partial charge in [0.15, 0.2) is 0 Å². The molecule has 2 N–H and O–H groups in total. The molecule has 20 heavy (non-hydrogen) atoms. The van der Waals surface area contributed by atoms with Crippen LogP contribution in [0.15, 0.2) is 17.3 Å². The van der Waals surface area contributed by atoms with Crippen LogP contribution >= 0.6 is 11.8 Å². The number of aromatic nitrogens is 2. The predicted molar refractivity (Wildman–Crippen MR) is 81.3 cm³/mol. The molecule has 0 amide bonds. The Labute approximate surface area is 125 Å². The quantitative estimate of drug-likeness (QED) is 0.711. The van der Waals surface area contributed by atoms with Crippen molar-refractivity contribution in [2.45, 2.75) is 42.9 Å². The summed E-state index contributed by atoms with van der Waals surface area (Å²) >= 11 is 1.69. The molecule has 0 aromatic carbocycles. The third-order valence-corrected chi connectivity index (χ3v) is 6.50. The number of hydrogen-bond donors (Lipinski definition) is 2. The van der Waals surface area contributed by atoms with E-state index in [1.54, 1.807) is 11.8 Å². The Morgan fingerprint density at radius 1 is 1.45 bits per heavy atom. The standard InChI is InChI=1S/C12H23N3O3S2/c1-4-12(5-2,19-3)10-14-20(17,18)11-8-13-15(9-11)6-7-16/h8-9,14,16H,4-7,10H2,1-3H3. The number of rotatable bonds is 9. The van der Waals surface area contributed by atoms with E-state index >= 15 is 0 Å². The average molecular weight is 321 g/mol. The fourth-order valence-electron chi connectivity index (χ4n) is 1.88. The number of nitrogens with zero attached hydrogens (tertiary/aromatic N) is 2. The van der Waals surface area contributed by atoms with E-state index < -0.39 is 10.0 Å². The van der Waals surface area contributed by atoms with Gasteiger partial charge in [0.1, 0.15) is 4.90 Å². The van der Waals surface area contributed by atoms with Crippen molar-refractivity contribution in [2.24, 2.45) is 0 Å². The number of sulfonamides is 1. The van der Waals surface area contributed by atoms with E-state index in [4.69, 9.17) is 5.11 Å². The van der Waals surface area contributed by atoms with E-state index in [9.17, 15) is 8.42 Å². The summed E-state index contributed by atoms with van der Waals surface area (Å²) in [5, 5.41) is 12.7. The highest BCUT2D eigenvalue weighted by Gasteiger charge is 2.28. The van der Waals surface area contributed by atoms with Gasteiger partial charge in [0.25, 0.3) is 0 Å². The highest BCUT2D eigenvalue weighted by atomic mass is 32.2. The lowest BCUT2D eigenvalue weighted by Crippen LogP contribution is -2.39. The van der Waals surface area contributed by atoms with E-state index in [0.717, 1.165) is 12.8 Å². The molecule has 0 atom stereocenters. The second-order valence-corrected chi connectivity index (χ2v) is 7.62. The number of nitrogens with one attached hydrogen (secondary N) is 1. The van der Waals surface area contributed by atoms with Gasteiger partial charge in [-0.3, -0.25) is 4.68 Å². The van der Waals surface area contributed by atoms with Gasteiger partial charge in [-0.05, 0) is 19.1 Å². The van der Waals surface area contributed by atoms with Gasteiger partial charge >= 0.3 is 0 Å². The molecule has 1 aromatic heterocycles. The summed E-state index contributed by atoms with van der Waals surface area (Å²) in [7, 11) is -3.55. The normalized spacial score (nSPS) is 12.8. The van der Waals surface area contributed by atoms with Crippen molar-refractivity contribution >= 4 is 21.8 Å². The highest BCUT2D eigenvalue weighted by Crippen LogP contribution is 2.30. The molecule has 0 aliphatic rings. The summed E-state index contributed by atoms with van der Waals surface area (Å²) in [6, 6.07) is 0. The third-order valence-electron chi connectivity index (χ3n) is 3.55. The molecule has 1 aromatic rings. The molecule has 0 aliphatic heterocycles. The average Bonchev–Trinajstić information content (AvgIpc) is 2.91. The van der Waals surface area contributed by atoms with Crippen LogP contribution in [0.4, 0.5) is 0 Å². The number of aliphatic hydroxyl groups excluding tert-OH is 1. The van der Waals surface area contributed by atoms with Gasteiger partial charge in [0.2, 0.25) is 10.0 Å². The van der Waals surface area contributed by atoms with Gasteiger partial charge in [0.05, 0.1) is 19.3 Å². The lowest BCUT2D eigenvalue weighted by molar-refractivity contribution is 0.269. The largest absolute Gasteiger partial charge is 0.394 e. The summed E-state index contributed by atoms with van der Waals surface area (Å²) in [4.78, 5) is 0.133. The second-order valence-electron chi connectivity index (χ2n) is 4.58. The van der Waals surface area contributed by atoms with E-state index in [2.05, 4.69) is 23.7 Å². The molecular weight excluding hydrogens is 298 g/mol. The van der Waals surface area contributed by atoms with Crippen LogP contribution in [0.5, 0.6) is 0 Å². The predicted octanol–water partition coefficient (Wildman–Crippen LogP) is 1.08. The van der Waals surface area contributed by atoms with Crippen molar-refractivity contribution in [1.29, 1.82) is 0 Å². The topological polar surface area (TPSA) is 84.2 Å². The van der Waals surface area contributed by atoms with Crippen molar-refractivity contribution in [1.82, 2.24) is 14.5 Å². The maximum absolute atomic E-state index is 12.2. The summed E-state index contributed by atoms with van der Waals surface area (Å²) in [6.07, 6.45) is 6.53. The van der Waals surface area contributed by atoms with Gasteiger partial charge in [-0.2, -0.15) is 16.9 Å². The molecule has 116 valence electrons. The minimum atomic E-state index is -3.55. The first kappa shape index (κ1) is 17.5. The van der Waals surface area contributed by atoms with Crippen molar-refractivity contribution in [3.8, 4) is 0 Å². The van der Waals surface area contributed by atoms with Crippen molar-refractivity contribution in [3.63, 3.8) is 0 Å². The van der Waals surface area contributed by atoms with Crippen LogP contribution in [0.25, 0.3) is 0 Å². The monoisotopic (exact) mass is 321 g/mol. The van der Waals surface area contributed by atoms with Crippen molar-refractivity contribution in [2.75, 3.05) is 19.4 Å². The molecular formula is C12H23N3O3S2. The summed E-state index contributed by atoms with van der Waals surface area (Å²) < 4.78 is 28.4. The maximum atomic E-state index is 12.2. The molecule has 0 fully saturated rings. The smallest absolute Gasteiger partial charge is 0.243 e. The number of hydrogen-bond acceptors (Lipinski definition) is 5. The first-order chi connectivity index (χ1) is 9.43. The molecule has 1 rings (SSSR count). The third kappa shape index (κ3) is 4.21. The molecule has 1 heterocycles. The molecule has 0 unspecified atom stereocenters. The zero-order valence-electron chi connectivity index (χ0n) is 12.2. The second kappa shape index (κ2) is 7.44. The first-order valence-electron chi connectivity index (χ1n) is 6.61. The van der Waals surface area contributed by atoms with Gasteiger partial charge in [0, 0.05) is 17.5 Å². The van der Waals surface area contributed by atoms with E-state index in [1.165, 1.54) is 17.1 Å². The lowest BCUT2D eigenvalue weighted by atomic mass is 10.0. The van der Waals surface area contributed by atoms with E-state index in [-0.39, 0.29) is 22.8 Å². The van der Waals surface area contributed by atoms with Gasteiger partial charge in [-0.15, -0.1) is 0 Å². The number of aliphatic hydroxyl groups is 1. The summed E-state index contributed by atoms with van der Waals surface area (Å²) in [6.45, 7) is 4.74. The number of thioether (sulfide) groups is 1. The molecule has 0 radical (unpaired) electrons. The molecule has 0 saturated heterocycles. The van der Waals surface area contributed by atoms with Crippen LogP contribution in [0.2, 0.25) is 0 Å². The fourth-order valence-corrected chi connectivity index (χ4v) is 3.84. The SMILES string of the molecule is CCC(CC)(CNS(=O)(=O)c1cnn(CCO)c1)SC. The van der Waals surface area contributed by atoms with E-state index in [0.29, 0.717) is 6.54 Å². The Morgan fingerprint density at radius 2 is 2.10 bits per heavy atom. The van der Waals surface area contributed by atoms with Crippen molar-refractivity contribution < 1.29 is 13.5 Å². The van der Waals surface area contributed by atoms with Crippen molar-refractivity contribution in [3.05, 3.63) is 12.4 Å². The Morgan fingerprint density at radius 3 is 2.60 bits per heavy atom. The van der Waals surface area contributed by atoms with Gasteiger partial charge in [-0.1, -0.05) is 13.8 Å². The minimum Gasteiger partial charge on any atom is -0.394 e. The van der Waals surface area contributed by atoms with Crippen LogP contribution in [-0.2, 0) is 16.6 Å². The molecule has 0 bridgehead atoms. The van der Waals surface area contributed by atoms with Crippen LogP contribution in [0.1, 0.15) is 26.7 Å². The van der Waals surface area contributed by atoms with Crippen LogP contribution in [-0.4, -0.2) is 47.5 Å². The van der Waals surface area contributed by atoms with Crippen LogP contribution in [0, 0.1) is 0 Å². The molecule has 0 saturated carbocycles. The highest BCUT2D eigenvalue weighted by molar-refractivity contribution is 8.00. The zero-order valence-corrected chi connectivity index (χ0v) is 13.8. The zero-order chi connectivity index (χ0) is 15.2. The van der Waals surface area contributed by atoms with E-state index in [1.807, 2.05) is 6.26 Å². The Balaban J connectivity index is 2.78. The summed E-state index contributed by atoms with van der Waals surface area (Å²) in [5.74, 6) is 0. The van der Waals surface area contributed by atoms with Crippen LogP contribution < -0.4 is 4.72 Å². The van der Waals surface area contributed by atoms with Crippen LogP contribution in [0.3, 0.4) is 0 Å². The first-order valence-corrected chi connectivity index (χ1v) is 9.32. The Bertz CT molecular complexity index is 502. The Hall–Kier alpha value is -0.570.